The second-order valence-electron chi connectivity index (χ2n) is 4.48. The lowest BCUT2D eigenvalue weighted by Gasteiger charge is -2.26. The van der Waals surface area contributed by atoms with Crippen LogP contribution in [0.2, 0.25) is 0 Å². The van der Waals surface area contributed by atoms with E-state index in [2.05, 4.69) is 0 Å². The van der Waals surface area contributed by atoms with E-state index in [0.717, 1.165) is 16.3 Å². The maximum absolute atomic E-state index is 12.2. The quantitative estimate of drug-likeness (QED) is 0.773. The molecule has 0 aliphatic heterocycles. The highest BCUT2D eigenvalue weighted by Gasteiger charge is 2.37. The summed E-state index contributed by atoms with van der Waals surface area (Å²) in [5.41, 5.74) is 1.38. The molecule has 19 heavy (non-hydrogen) atoms. The largest absolute Gasteiger partial charge is 0.346 e. The molecule has 3 nitrogen and oxygen atoms in total. The van der Waals surface area contributed by atoms with Gasteiger partial charge in [0, 0.05) is 25.3 Å². The number of rotatable bonds is 2. The van der Waals surface area contributed by atoms with Crippen LogP contribution >= 0.6 is 0 Å². The molecule has 0 atom stereocenters. The number of ether oxygens (including phenoxy) is 2. The molecule has 3 rings (SSSR count). The summed E-state index contributed by atoms with van der Waals surface area (Å²) in [6.07, 6.45) is 3.56. The summed E-state index contributed by atoms with van der Waals surface area (Å²) in [5.74, 6) is -0.979. The van der Waals surface area contributed by atoms with Crippen LogP contribution in [-0.4, -0.2) is 14.2 Å². The fraction of sp³-hybridized carbons (Fsp3) is 0.188. The summed E-state index contributed by atoms with van der Waals surface area (Å²) in [6.45, 7) is 0. The van der Waals surface area contributed by atoms with Gasteiger partial charge >= 0.3 is 0 Å². The summed E-state index contributed by atoms with van der Waals surface area (Å²) in [5, 5.41) is 1.95. The zero-order valence-corrected chi connectivity index (χ0v) is 10.8. The molecule has 0 unspecified atom stereocenters. The van der Waals surface area contributed by atoms with Crippen LogP contribution in [0, 0.1) is 0 Å². The SMILES string of the molecule is COC1(OC)C=Cc2c1c1ccccc1ccc2=O. The predicted molar refractivity (Wildman–Crippen MR) is 74.9 cm³/mol. The van der Waals surface area contributed by atoms with E-state index in [9.17, 15) is 4.79 Å². The van der Waals surface area contributed by atoms with E-state index < -0.39 is 5.79 Å². The Kier molecular flexibility index (Phi) is 2.73. The second-order valence-corrected chi connectivity index (χ2v) is 4.48. The first-order valence-corrected chi connectivity index (χ1v) is 6.08. The Morgan fingerprint density at radius 1 is 1.00 bits per heavy atom. The first-order chi connectivity index (χ1) is 9.22. The van der Waals surface area contributed by atoms with Gasteiger partial charge in [-0.15, -0.1) is 0 Å². The van der Waals surface area contributed by atoms with E-state index in [1.165, 1.54) is 0 Å². The molecule has 96 valence electrons. The van der Waals surface area contributed by atoms with Crippen LogP contribution in [0.1, 0.15) is 11.1 Å². The Hall–Kier alpha value is -1.97. The predicted octanol–water partition coefficient (Wildman–Crippen LogP) is 2.67. The van der Waals surface area contributed by atoms with Gasteiger partial charge in [0.05, 0.1) is 0 Å². The van der Waals surface area contributed by atoms with E-state index >= 15 is 0 Å². The van der Waals surface area contributed by atoms with Crippen molar-refractivity contribution in [3.05, 3.63) is 63.8 Å². The van der Waals surface area contributed by atoms with Crippen LogP contribution in [-0.2, 0) is 15.3 Å². The Balaban J connectivity index is 2.53. The third-order valence-corrected chi connectivity index (χ3v) is 3.60. The zero-order chi connectivity index (χ0) is 13.5. The van der Waals surface area contributed by atoms with E-state index in [1.807, 2.05) is 30.3 Å². The van der Waals surface area contributed by atoms with Gasteiger partial charge in [-0.05, 0) is 29.0 Å². The maximum Gasteiger partial charge on any atom is 0.216 e. The third kappa shape index (κ3) is 1.63. The van der Waals surface area contributed by atoms with Crippen molar-refractivity contribution in [2.24, 2.45) is 0 Å². The van der Waals surface area contributed by atoms with Crippen molar-refractivity contribution in [1.82, 2.24) is 0 Å². The molecule has 0 aromatic heterocycles. The number of benzene rings is 1. The highest BCUT2D eigenvalue weighted by molar-refractivity contribution is 5.90. The van der Waals surface area contributed by atoms with Gasteiger partial charge in [0.15, 0.2) is 5.43 Å². The summed E-state index contributed by atoms with van der Waals surface area (Å²) in [4.78, 5) is 12.2. The van der Waals surface area contributed by atoms with Gasteiger partial charge in [-0.25, -0.2) is 0 Å². The smallest absolute Gasteiger partial charge is 0.216 e. The van der Waals surface area contributed by atoms with E-state index in [0.29, 0.717) is 5.56 Å². The fourth-order valence-corrected chi connectivity index (χ4v) is 2.63. The van der Waals surface area contributed by atoms with Gasteiger partial charge in [-0.2, -0.15) is 0 Å². The van der Waals surface area contributed by atoms with Crippen LogP contribution in [0.25, 0.3) is 16.8 Å². The molecule has 0 radical (unpaired) electrons. The lowest BCUT2D eigenvalue weighted by atomic mass is 10.0. The van der Waals surface area contributed by atoms with Crippen LogP contribution in [0.15, 0.2) is 47.3 Å². The molecule has 0 heterocycles. The van der Waals surface area contributed by atoms with Crippen molar-refractivity contribution in [2.45, 2.75) is 5.79 Å². The Labute approximate surface area is 111 Å². The summed E-state index contributed by atoms with van der Waals surface area (Å²) in [6, 6.07) is 11.3. The molecule has 1 aliphatic carbocycles. The van der Waals surface area contributed by atoms with Gasteiger partial charge in [-0.1, -0.05) is 30.3 Å². The second kappa shape index (κ2) is 4.30. The lowest BCUT2D eigenvalue weighted by molar-refractivity contribution is -0.174. The molecular formula is C16H14O3. The Bertz CT molecular complexity index is 728. The van der Waals surface area contributed by atoms with Gasteiger partial charge in [-0.3, -0.25) is 4.79 Å². The number of hydrogen-bond donors (Lipinski definition) is 0. The number of hydrogen-bond acceptors (Lipinski definition) is 3. The standard InChI is InChI=1S/C16H14O3/c1-18-16(19-2)10-9-13-14(17)8-7-11-5-3-4-6-12(11)15(13)16/h3-10H,1-2H3. The van der Waals surface area contributed by atoms with Gasteiger partial charge in [0.1, 0.15) is 0 Å². The minimum absolute atomic E-state index is 0.0292. The summed E-state index contributed by atoms with van der Waals surface area (Å²) in [7, 11) is 3.16. The van der Waals surface area contributed by atoms with E-state index in [1.54, 1.807) is 32.4 Å². The highest BCUT2D eigenvalue weighted by atomic mass is 16.7. The Morgan fingerprint density at radius 2 is 1.74 bits per heavy atom. The molecule has 0 saturated carbocycles. The molecule has 0 N–H and O–H groups in total. The van der Waals surface area contributed by atoms with Gasteiger partial charge < -0.3 is 9.47 Å². The monoisotopic (exact) mass is 254 g/mol. The average molecular weight is 254 g/mol. The van der Waals surface area contributed by atoms with E-state index in [-0.39, 0.29) is 5.43 Å². The van der Waals surface area contributed by atoms with Crippen molar-refractivity contribution in [2.75, 3.05) is 14.2 Å². The molecule has 2 aromatic rings. The van der Waals surface area contributed by atoms with Crippen molar-refractivity contribution >= 4 is 16.8 Å². The molecule has 0 saturated heterocycles. The highest BCUT2D eigenvalue weighted by Crippen LogP contribution is 2.39. The molecule has 0 fully saturated rings. The van der Waals surface area contributed by atoms with Crippen molar-refractivity contribution in [1.29, 1.82) is 0 Å². The van der Waals surface area contributed by atoms with Crippen LogP contribution in [0.5, 0.6) is 0 Å². The first kappa shape index (κ1) is 12.1. The number of methoxy groups -OCH3 is 2. The molecule has 1 aliphatic rings. The van der Waals surface area contributed by atoms with Crippen molar-refractivity contribution in [3.8, 4) is 0 Å². The lowest BCUT2D eigenvalue weighted by Crippen LogP contribution is -2.27. The summed E-state index contributed by atoms with van der Waals surface area (Å²) < 4.78 is 11.1. The van der Waals surface area contributed by atoms with Crippen molar-refractivity contribution in [3.63, 3.8) is 0 Å². The molecule has 3 heteroatoms. The molecule has 2 aromatic carbocycles. The van der Waals surface area contributed by atoms with Crippen LogP contribution in [0.4, 0.5) is 0 Å². The van der Waals surface area contributed by atoms with Gasteiger partial charge in [0.2, 0.25) is 5.79 Å². The molecule has 0 spiro atoms. The van der Waals surface area contributed by atoms with Crippen LogP contribution < -0.4 is 5.43 Å². The number of fused-ring (bicyclic) bond motifs is 3. The van der Waals surface area contributed by atoms with Crippen LogP contribution in [0.3, 0.4) is 0 Å². The topological polar surface area (TPSA) is 35.5 Å². The average Bonchev–Trinajstić information content (AvgIpc) is 2.78. The summed E-state index contributed by atoms with van der Waals surface area (Å²) >= 11 is 0. The normalized spacial score (nSPS) is 15.7. The Morgan fingerprint density at radius 3 is 2.47 bits per heavy atom. The van der Waals surface area contributed by atoms with Crippen molar-refractivity contribution < 1.29 is 9.47 Å². The first-order valence-electron chi connectivity index (χ1n) is 6.08. The molecule has 0 bridgehead atoms. The van der Waals surface area contributed by atoms with Gasteiger partial charge in [0.25, 0.3) is 0 Å². The van der Waals surface area contributed by atoms with E-state index in [4.69, 9.17) is 9.47 Å². The minimum atomic E-state index is -0.979. The molecule has 0 amide bonds. The minimum Gasteiger partial charge on any atom is -0.346 e. The third-order valence-electron chi connectivity index (χ3n) is 3.60. The maximum atomic E-state index is 12.2. The molecular weight excluding hydrogens is 240 g/mol. The fourth-order valence-electron chi connectivity index (χ4n) is 2.63. The zero-order valence-electron chi connectivity index (χ0n) is 10.8.